The van der Waals surface area contributed by atoms with Crippen molar-refractivity contribution in [2.45, 2.75) is 33.9 Å². The normalized spacial score (nSPS) is 11.5. The molecule has 0 saturated carbocycles. The highest BCUT2D eigenvalue weighted by Gasteiger charge is 2.26. The van der Waals surface area contributed by atoms with Gasteiger partial charge in [-0.25, -0.2) is 9.48 Å². The Morgan fingerprint density at radius 3 is 2.43 bits per heavy atom. The van der Waals surface area contributed by atoms with Gasteiger partial charge in [0.2, 0.25) is 0 Å². The number of nitro groups is 1. The molecular formula is C21H23N5O4. The van der Waals surface area contributed by atoms with Gasteiger partial charge in [0.1, 0.15) is 5.69 Å². The molecule has 9 heteroatoms. The van der Waals surface area contributed by atoms with Gasteiger partial charge in [-0.3, -0.25) is 24.0 Å². The van der Waals surface area contributed by atoms with Gasteiger partial charge in [0.25, 0.3) is 0 Å². The topological polar surface area (TPSA) is 105 Å². The molecule has 3 rings (SSSR count). The number of hydrogen-bond acceptors (Lipinski definition) is 5. The van der Waals surface area contributed by atoms with Crippen molar-refractivity contribution < 1.29 is 4.92 Å². The van der Waals surface area contributed by atoms with Crippen molar-refractivity contribution >= 4 is 17.8 Å². The summed E-state index contributed by atoms with van der Waals surface area (Å²) < 4.78 is 3.86. The molecule has 1 aromatic carbocycles. The average Bonchev–Trinajstić information content (AvgIpc) is 3.18. The van der Waals surface area contributed by atoms with E-state index in [0.717, 1.165) is 10.3 Å². The van der Waals surface area contributed by atoms with Gasteiger partial charge >= 0.3 is 16.9 Å². The summed E-state index contributed by atoms with van der Waals surface area (Å²) in [5, 5.41) is 16.0. The van der Waals surface area contributed by atoms with E-state index < -0.39 is 21.9 Å². The maximum atomic E-state index is 12.8. The Morgan fingerprint density at radius 1 is 1.13 bits per heavy atom. The minimum atomic E-state index is -0.896. The van der Waals surface area contributed by atoms with E-state index in [1.54, 1.807) is 30.1 Å². The van der Waals surface area contributed by atoms with Crippen LogP contribution in [0.15, 0.2) is 52.3 Å². The van der Waals surface area contributed by atoms with Gasteiger partial charge in [0.05, 0.1) is 16.8 Å². The van der Waals surface area contributed by atoms with Crippen LogP contribution in [0.2, 0.25) is 0 Å². The third kappa shape index (κ3) is 4.14. The van der Waals surface area contributed by atoms with Gasteiger partial charge in [0.15, 0.2) is 0 Å². The lowest BCUT2D eigenvalue weighted by Crippen LogP contribution is -2.42. The van der Waals surface area contributed by atoms with Gasteiger partial charge < -0.3 is 0 Å². The fraction of sp³-hybridized carbons (Fsp3) is 0.286. The van der Waals surface area contributed by atoms with Crippen molar-refractivity contribution in [2.75, 3.05) is 0 Å². The van der Waals surface area contributed by atoms with E-state index in [-0.39, 0.29) is 24.7 Å². The Labute approximate surface area is 172 Å². The first-order valence-corrected chi connectivity index (χ1v) is 9.63. The summed E-state index contributed by atoms with van der Waals surface area (Å²) >= 11 is 0. The fourth-order valence-corrected chi connectivity index (χ4v) is 3.18. The third-order valence-corrected chi connectivity index (χ3v) is 4.55. The fourth-order valence-electron chi connectivity index (χ4n) is 3.18. The molecule has 0 N–H and O–H groups in total. The largest absolute Gasteiger partial charge is 0.357 e. The summed E-state index contributed by atoms with van der Waals surface area (Å²) in [6.07, 6.45) is 6.42. The molecule has 0 atom stereocenters. The number of para-hydroxylation sites is 1. The van der Waals surface area contributed by atoms with Crippen LogP contribution in [0.3, 0.4) is 0 Å². The number of aromatic nitrogens is 4. The Kier molecular flexibility index (Phi) is 6.10. The number of hydrogen-bond donors (Lipinski definition) is 0. The summed E-state index contributed by atoms with van der Waals surface area (Å²) in [6, 6.07) is 9.48. The molecule has 0 saturated heterocycles. The minimum Gasteiger partial charge on any atom is -0.287 e. The monoisotopic (exact) mass is 409 g/mol. The standard InChI is InChI=1S/C21H23N5O4/c1-4-23-20(27)19(26(29)30)18(24(21(23)28)13-15(2)3)11-10-16-12-22-25(14-16)17-8-6-5-7-9-17/h5-12,14-15H,4,13H2,1-3H3. The quantitative estimate of drug-likeness (QED) is 0.441. The zero-order valence-corrected chi connectivity index (χ0v) is 17.1. The van der Waals surface area contributed by atoms with Crippen LogP contribution in [0.5, 0.6) is 0 Å². The Hall–Kier alpha value is -3.75. The van der Waals surface area contributed by atoms with Crippen molar-refractivity contribution in [3.63, 3.8) is 0 Å². The SMILES string of the molecule is CCn1c(=O)c([N+](=O)[O-])c(C=Cc2cnn(-c3ccccc3)c2)n(CC(C)C)c1=O. The first kappa shape index (κ1) is 21.0. The van der Waals surface area contributed by atoms with Crippen molar-refractivity contribution in [3.8, 4) is 5.69 Å². The van der Waals surface area contributed by atoms with Crippen molar-refractivity contribution in [3.05, 3.63) is 84.9 Å². The highest BCUT2D eigenvalue weighted by molar-refractivity contribution is 5.71. The van der Waals surface area contributed by atoms with Gasteiger partial charge in [-0.1, -0.05) is 32.0 Å². The summed E-state index contributed by atoms with van der Waals surface area (Å²) in [4.78, 5) is 36.3. The second-order valence-electron chi connectivity index (χ2n) is 7.21. The van der Waals surface area contributed by atoms with Crippen LogP contribution in [-0.4, -0.2) is 23.8 Å². The van der Waals surface area contributed by atoms with Gasteiger partial charge in [-0.2, -0.15) is 5.10 Å². The lowest BCUT2D eigenvalue weighted by atomic mass is 10.2. The first-order chi connectivity index (χ1) is 14.3. The maximum Gasteiger partial charge on any atom is 0.357 e. The summed E-state index contributed by atoms with van der Waals surface area (Å²) in [5.41, 5.74) is -0.528. The molecule has 2 aromatic heterocycles. The summed E-state index contributed by atoms with van der Waals surface area (Å²) in [6.45, 7) is 5.72. The molecular weight excluding hydrogens is 386 g/mol. The molecule has 0 bridgehead atoms. The highest BCUT2D eigenvalue weighted by atomic mass is 16.6. The van der Waals surface area contributed by atoms with Crippen LogP contribution in [-0.2, 0) is 13.1 Å². The molecule has 0 unspecified atom stereocenters. The van der Waals surface area contributed by atoms with Gasteiger partial charge in [-0.15, -0.1) is 0 Å². The lowest BCUT2D eigenvalue weighted by Gasteiger charge is -2.14. The van der Waals surface area contributed by atoms with Gasteiger partial charge in [0, 0.05) is 24.8 Å². The van der Waals surface area contributed by atoms with Crippen LogP contribution in [0.25, 0.3) is 17.8 Å². The molecule has 0 aliphatic carbocycles. The van der Waals surface area contributed by atoms with Crippen LogP contribution >= 0.6 is 0 Å². The minimum absolute atomic E-state index is 0.0131. The van der Waals surface area contributed by atoms with E-state index in [0.29, 0.717) is 5.56 Å². The van der Waals surface area contributed by atoms with E-state index in [9.17, 15) is 19.7 Å². The van der Waals surface area contributed by atoms with E-state index in [1.165, 1.54) is 10.6 Å². The predicted molar refractivity (Wildman–Crippen MR) is 115 cm³/mol. The summed E-state index contributed by atoms with van der Waals surface area (Å²) in [5.74, 6) is 0.0538. The van der Waals surface area contributed by atoms with Crippen LogP contribution in [0, 0.1) is 16.0 Å². The zero-order chi connectivity index (χ0) is 21.8. The molecule has 0 fully saturated rings. The van der Waals surface area contributed by atoms with Crippen molar-refractivity contribution in [1.82, 2.24) is 18.9 Å². The molecule has 9 nitrogen and oxygen atoms in total. The van der Waals surface area contributed by atoms with E-state index in [4.69, 9.17) is 0 Å². The second-order valence-corrected chi connectivity index (χ2v) is 7.21. The zero-order valence-electron chi connectivity index (χ0n) is 17.1. The molecule has 0 aliphatic heterocycles. The van der Waals surface area contributed by atoms with Crippen LogP contribution in [0.1, 0.15) is 32.0 Å². The average molecular weight is 409 g/mol. The van der Waals surface area contributed by atoms with Crippen LogP contribution < -0.4 is 11.2 Å². The van der Waals surface area contributed by atoms with Gasteiger partial charge in [-0.05, 0) is 37.1 Å². The molecule has 0 amide bonds. The predicted octanol–water partition coefficient (Wildman–Crippen LogP) is 2.95. The molecule has 0 radical (unpaired) electrons. The smallest absolute Gasteiger partial charge is 0.287 e. The Balaban J connectivity index is 2.13. The molecule has 2 heterocycles. The first-order valence-electron chi connectivity index (χ1n) is 9.63. The molecule has 3 aromatic rings. The third-order valence-electron chi connectivity index (χ3n) is 4.55. The van der Waals surface area contributed by atoms with Crippen molar-refractivity contribution in [2.24, 2.45) is 5.92 Å². The Morgan fingerprint density at radius 2 is 1.83 bits per heavy atom. The number of benzene rings is 1. The molecule has 30 heavy (non-hydrogen) atoms. The van der Waals surface area contributed by atoms with Crippen molar-refractivity contribution in [1.29, 1.82) is 0 Å². The highest BCUT2D eigenvalue weighted by Crippen LogP contribution is 2.17. The lowest BCUT2D eigenvalue weighted by molar-refractivity contribution is -0.387. The second kappa shape index (κ2) is 8.73. The summed E-state index contributed by atoms with van der Waals surface area (Å²) in [7, 11) is 0. The Bertz CT molecular complexity index is 1200. The van der Waals surface area contributed by atoms with E-state index >= 15 is 0 Å². The number of nitrogens with zero attached hydrogens (tertiary/aromatic N) is 5. The molecule has 0 aliphatic rings. The number of rotatable bonds is 7. The van der Waals surface area contributed by atoms with Crippen LogP contribution in [0.4, 0.5) is 5.69 Å². The molecule has 0 spiro atoms. The maximum absolute atomic E-state index is 12.8. The molecule has 156 valence electrons. The van der Waals surface area contributed by atoms with E-state index in [2.05, 4.69) is 5.10 Å². The van der Waals surface area contributed by atoms with E-state index in [1.807, 2.05) is 44.2 Å².